The van der Waals surface area contributed by atoms with Crippen LogP contribution in [0.4, 0.5) is 0 Å². The van der Waals surface area contributed by atoms with Gasteiger partial charge in [0.2, 0.25) is 10.0 Å². The Bertz CT molecular complexity index is 599. The highest BCUT2D eigenvalue weighted by Gasteiger charge is 2.26. The molecule has 19 heavy (non-hydrogen) atoms. The van der Waals surface area contributed by atoms with Gasteiger partial charge in [-0.1, -0.05) is 11.8 Å². The molecule has 102 valence electrons. The van der Waals surface area contributed by atoms with Gasteiger partial charge in [-0.2, -0.15) is 16.1 Å². The number of rotatable bonds is 2. The number of thioether (sulfide) groups is 1. The summed E-state index contributed by atoms with van der Waals surface area (Å²) in [5, 5.41) is 8.64. The number of sulfonamides is 1. The minimum absolute atomic E-state index is 0.157. The number of hydrogen-bond donors (Lipinski definition) is 1. The standard InChI is InChI=1S/C12H14N2O3S2/c15-5-1-2-11-8-12(10-13-9-11)19(16,17)14-3-6-18-7-4-14/h8-10,15H,3-7H2. The fourth-order valence-electron chi connectivity index (χ4n) is 1.71. The largest absolute Gasteiger partial charge is 0.384 e. The first-order valence-electron chi connectivity index (χ1n) is 5.77. The van der Waals surface area contributed by atoms with Crippen LogP contribution >= 0.6 is 11.8 Å². The SMILES string of the molecule is O=S(=O)(c1cncc(C#CCO)c1)N1CCSCC1. The first-order valence-corrected chi connectivity index (χ1v) is 8.37. The van der Waals surface area contributed by atoms with E-state index in [0.717, 1.165) is 11.5 Å². The molecule has 1 saturated heterocycles. The van der Waals surface area contributed by atoms with Crippen molar-refractivity contribution in [3.8, 4) is 11.8 Å². The summed E-state index contributed by atoms with van der Waals surface area (Å²) in [6.45, 7) is 0.791. The quantitative estimate of drug-likeness (QED) is 0.788. The Labute approximate surface area is 117 Å². The molecule has 1 fully saturated rings. The van der Waals surface area contributed by atoms with Gasteiger partial charge in [0, 0.05) is 42.6 Å². The average molecular weight is 298 g/mol. The lowest BCUT2D eigenvalue weighted by atomic mass is 10.3. The van der Waals surface area contributed by atoms with Crippen molar-refractivity contribution >= 4 is 21.8 Å². The van der Waals surface area contributed by atoms with Crippen LogP contribution in [-0.2, 0) is 10.0 Å². The van der Waals surface area contributed by atoms with Gasteiger partial charge in [-0.25, -0.2) is 8.42 Å². The average Bonchev–Trinajstić information content (AvgIpc) is 2.46. The molecule has 7 heteroatoms. The zero-order valence-corrected chi connectivity index (χ0v) is 11.9. The zero-order valence-electron chi connectivity index (χ0n) is 10.2. The molecule has 0 unspecified atom stereocenters. The van der Waals surface area contributed by atoms with Crippen LogP contribution in [0.15, 0.2) is 23.4 Å². The van der Waals surface area contributed by atoms with E-state index >= 15 is 0 Å². The van der Waals surface area contributed by atoms with E-state index in [4.69, 9.17) is 5.11 Å². The molecular weight excluding hydrogens is 284 g/mol. The molecular formula is C12H14N2O3S2. The lowest BCUT2D eigenvalue weighted by Gasteiger charge is -2.25. The van der Waals surface area contributed by atoms with E-state index in [1.807, 2.05) is 0 Å². The van der Waals surface area contributed by atoms with Gasteiger partial charge in [0.05, 0.1) is 0 Å². The molecule has 1 N–H and O–H groups in total. The maximum absolute atomic E-state index is 12.4. The highest BCUT2D eigenvalue weighted by molar-refractivity contribution is 7.99. The molecule has 0 amide bonds. The van der Waals surface area contributed by atoms with Crippen molar-refractivity contribution in [2.24, 2.45) is 0 Å². The minimum atomic E-state index is -3.48. The van der Waals surface area contributed by atoms with E-state index in [2.05, 4.69) is 16.8 Å². The third-order valence-electron chi connectivity index (χ3n) is 2.63. The molecule has 0 spiro atoms. The van der Waals surface area contributed by atoms with Crippen LogP contribution in [0.2, 0.25) is 0 Å². The Hall–Kier alpha value is -1.07. The van der Waals surface area contributed by atoms with Crippen LogP contribution in [0.3, 0.4) is 0 Å². The number of aliphatic hydroxyl groups excluding tert-OH is 1. The molecule has 2 rings (SSSR count). The third kappa shape index (κ3) is 3.48. The molecule has 1 aliphatic rings. The van der Waals surface area contributed by atoms with E-state index in [1.165, 1.54) is 22.8 Å². The summed E-state index contributed by atoms with van der Waals surface area (Å²) in [7, 11) is -3.48. The summed E-state index contributed by atoms with van der Waals surface area (Å²) >= 11 is 1.75. The number of aromatic nitrogens is 1. The van der Waals surface area contributed by atoms with Crippen LogP contribution < -0.4 is 0 Å². The monoisotopic (exact) mass is 298 g/mol. The van der Waals surface area contributed by atoms with Gasteiger partial charge in [-0.15, -0.1) is 0 Å². The lowest BCUT2D eigenvalue weighted by molar-refractivity contribution is 0.350. The van der Waals surface area contributed by atoms with Gasteiger partial charge in [-0.3, -0.25) is 4.98 Å². The molecule has 0 aromatic carbocycles. The fourth-order valence-corrected chi connectivity index (χ4v) is 4.27. The molecule has 5 nitrogen and oxygen atoms in total. The van der Waals surface area contributed by atoms with E-state index in [9.17, 15) is 8.42 Å². The van der Waals surface area contributed by atoms with Gasteiger partial charge in [0.25, 0.3) is 0 Å². The van der Waals surface area contributed by atoms with Gasteiger partial charge in [-0.05, 0) is 6.07 Å². The summed E-state index contributed by atoms with van der Waals surface area (Å²) in [5.74, 6) is 6.77. The Kier molecular flexibility index (Phi) is 4.82. The Morgan fingerprint density at radius 3 is 2.79 bits per heavy atom. The number of nitrogens with zero attached hydrogens (tertiary/aromatic N) is 2. The number of pyridine rings is 1. The highest BCUT2D eigenvalue weighted by Crippen LogP contribution is 2.19. The summed E-state index contributed by atoms with van der Waals surface area (Å²) in [4.78, 5) is 4.06. The molecule has 1 aromatic heterocycles. The fraction of sp³-hybridized carbons (Fsp3) is 0.417. The van der Waals surface area contributed by atoms with Crippen molar-refractivity contribution in [2.75, 3.05) is 31.2 Å². The van der Waals surface area contributed by atoms with Gasteiger partial charge in [0.15, 0.2) is 0 Å². The number of hydrogen-bond acceptors (Lipinski definition) is 5. The highest BCUT2D eigenvalue weighted by atomic mass is 32.2. The van der Waals surface area contributed by atoms with Crippen molar-refractivity contribution in [1.82, 2.24) is 9.29 Å². The Balaban J connectivity index is 2.29. The first kappa shape index (κ1) is 14.3. The molecule has 1 aliphatic heterocycles. The summed E-state index contributed by atoms with van der Waals surface area (Å²) in [6.07, 6.45) is 2.81. The van der Waals surface area contributed by atoms with Gasteiger partial charge in [0.1, 0.15) is 11.5 Å². The molecule has 0 aliphatic carbocycles. The van der Waals surface area contributed by atoms with E-state index < -0.39 is 10.0 Å². The van der Waals surface area contributed by atoms with Crippen LogP contribution in [0, 0.1) is 11.8 Å². The van der Waals surface area contributed by atoms with Crippen LogP contribution in [0.5, 0.6) is 0 Å². The van der Waals surface area contributed by atoms with Crippen LogP contribution in [-0.4, -0.2) is 54.0 Å². The summed E-state index contributed by atoms with van der Waals surface area (Å²) < 4.78 is 26.3. The van der Waals surface area contributed by atoms with Crippen molar-refractivity contribution in [1.29, 1.82) is 0 Å². The Morgan fingerprint density at radius 2 is 2.11 bits per heavy atom. The van der Waals surface area contributed by atoms with E-state index in [-0.39, 0.29) is 11.5 Å². The molecule has 0 atom stereocenters. The second-order valence-corrected chi connectivity index (χ2v) is 7.05. The summed E-state index contributed by atoms with van der Waals surface area (Å²) in [6, 6.07) is 1.49. The molecule has 2 heterocycles. The first-order chi connectivity index (χ1) is 9.14. The number of aliphatic hydroxyl groups is 1. The van der Waals surface area contributed by atoms with Gasteiger partial charge < -0.3 is 5.11 Å². The minimum Gasteiger partial charge on any atom is -0.384 e. The van der Waals surface area contributed by atoms with E-state index in [1.54, 1.807) is 11.8 Å². The van der Waals surface area contributed by atoms with Crippen LogP contribution in [0.1, 0.15) is 5.56 Å². The maximum atomic E-state index is 12.4. The van der Waals surface area contributed by atoms with Gasteiger partial charge >= 0.3 is 0 Å². The molecule has 0 saturated carbocycles. The summed E-state index contributed by atoms with van der Waals surface area (Å²) in [5.41, 5.74) is 0.488. The molecule has 1 aromatic rings. The Morgan fingerprint density at radius 1 is 1.37 bits per heavy atom. The van der Waals surface area contributed by atoms with Crippen molar-refractivity contribution < 1.29 is 13.5 Å². The molecule has 0 bridgehead atoms. The third-order valence-corrected chi connectivity index (χ3v) is 5.44. The van der Waals surface area contributed by atoms with Crippen molar-refractivity contribution in [3.63, 3.8) is 0 Å². The topological polar surface area (TPSA) is 70.5 Å². The predicted octanol–water partition coefficient (Wildman–Crippen LogP) is 0.163. The predicted molar refractivity (Wildman–Crippen MR) is 74.3 cm³/mol. The maximum Gasteiger partial charge on any atom is 0.244 e. The molecule has 0 radical (unpaired) electrons. The normalized spacial score (nSPS) is 16.7. The smallest absolute Gasteiger partial charge is 0.244 e. The van der Waals surface area contributed by atoms with Crippen molar-refractivity contribution in [2.45, 2.75) is 4.90 Å². The lowest BCUT2D eigenvalue weighted by Crippen LogP contribution is -2.37. The second kappa shape index (κ2) is 6.39. The zero-order chi connectivity index (χ0) is 13.7. The second-order valence-electron chi connectivity index (χ2n) is 3.89. The van der Waals surface area contributed by atoms with E-state index in [0.29, 0.717) is 18.7 Å². The van der Waals surface area contributed by atoms with Crippen LogP contribution in [0.25, 0.3) is 0 Å². The van der Waals surface area contributed by atoms with Crippen molar-refractivity contribution in [3.05, 3.63) is 24.0 Å².